The van der Waals surface area contributed by atoms with E-state index in [0.29, 0.717) is 5.56 Å². The number of nitrogens with one attached hydrogen (secondary N) is 2. The average Bonchev–Trinajstić information content (AvgIpc) is 2.17. The predicted octanol–water partition coefficient (Wildman–Crippen LogP) is 1.21. The highest BCUT2D eigenvalue weighted by atomic mass is 16.2. The van der Waals surface area contributed by atoms with Gasteiger partial charge in [-0.1, -0.05) is 6.92 Å². The maximum Gasteiger partial charge on any atom is 0.261 e. The third-order valence-electron chi connectivity index (χ3n) is 2.39. The summed E-state index contributed by atoms with van der Waals surface area (Å²) in [6.07, 6.45) is 2.38. The molecule has 0 aliphatic heterocycles. The lowest BCUT2D eigenvalue weighted by Gasteiger charge is -2.11. The maximum absolute atomic E-state index is 11.7. The van der Waals surface area contributed by atoms with Gasteiger partial charge in [-0.2, -0.15) is 0 Å². The summed E-state index contributed by atoms with van der Waals surface area (Å²) in [6, 6.07) is 1.80. The van der Waals surface area contributed by atoms with Crippen LogP contribution in [-0.4, -0.2) is 16.9 Å². The lowest BCUT2D eigenvalue weighted by atomic mass is 10.1. The van der Waals surface area contributed by atoms with E-state index >= 15 is 0 Å². The number of pyridine rings is 1. The Balaban J connectivity index is 2.96. The second-order valence-electron chi connectivity index (χ2n) is 3.65. The largest absolute Gasteiger partial charge is 0.349 e. The number of hydrogen-bond acceptors (Lipinski definition) is 2. The van der Waals surface area contributed by atoms with Gasteiger partial charge in [0.05, 0.1) is 0 Å². The predicted molar refractivity (Wildman–Crippen MR) is 59.0 cm³/mol. The van der Waals surface area contributed by atoms with Crippen molar-refractivity contribution in [3.63, 3.8) is 0 Å². The molecule has 0 spiro atoms. The fourth-order valence-electron chi connectivity index (χ4n) is 1.26. The molecule has 82 valence electrons. The Kier molecular flexibility index (Phi) is 3.66. The average molecular weight is 208 g/mol. The summed E-state index contributed by atoms with van der Waals surface area (Å²) < 4.78 is 0. The molecule has 1 rings (SSSR count). The zero-order valence-corrected chi connectivity index (χ0v) is 9.26. The van der Waals surface area contributed by atoms with E-state index in [0.717, 1.165) is 6.42 Å². The van der Waals surface area contributed by atoms with E-state index in [1.54, 1.807) is 13.0 Å². The normalized spacial score (nSPS) is 12.2. The molecule has 0 aromatic carbocycles. The van der Waals surface area contributed by atoms with Crippen LogP contribution >= 0.6 is 0 Å². The molecule has 0 aliphatic carbocycles. The summed E-state index contributed by atoms with van der Waals surface area (Å²) >= 11 is 0. The highest BCUT2D eigenvalue weighted by molar-refractivity contribution is 5.95. The maximum atomic E-state index is 11.7. The van der Waals surface area contributed by atoms with Crippen LogP contribution in [0.4, 0.5) is 0 Å². The molecule has 4 nitrogen and oxygen atoms in total. The summed E-state index contributed by atoms with van der Waals surface area (Å²) in [5, 5.41) is 2.77. The van der Waals surface area contributed by atoms with Gasteiger partial charge >= 0.3 is 0 Å². The molecule has 0 fully saturated rings. The first-order valence-electron chi connectivity index (χ1n) is 5.05. The Morgan fingerprint density at radius 2 is 2.27 bits per heavy atom. The number of carbonyl (C=O) groups is 1. The number of H-pyrrole nitrogens is 1. The fourth-order valence-corrected chi connectivity index (χ4v) is 1.26. The van der Waals surface area contributed by atoms with Crippen LogP contribution in [0.2, 0.25) is 0 Å². The van der Waals surface area contributed by atoms with E-state index in [2.05, 4.69) is 10.3 Å². The summed E-state index contributed by atoms with van der Waals surface area (Å²) in [6.45, 7) is 5.64. The highest BCUT2D eigenvalue weighted by Crippen LogP contribution is 2.01. The fraction of sp³-hybridized carbons (Fsp3) is 0.455. The van der Waals surface area contributed by atoms with Gasteiger partial charge in [0.1, 0.15) is 5.56 Å². The van der Waals surface area contributed by atoms with E-state index < -0.39 is 0 Å². The smallest absolute Gasteiger partial charge is 0.261 e. The van der Waals surface area contributed by atoms with Crippen molar-refractivity contribution < 1.29 is 4.79 Å². The molecule has 2 N–H and O–H groups in total. The topological polar surface area (TPSA) is 62.0 Å². The van der Waals surface area contributed by atoms with Crippen LogP contribution < -0.4 is 10.9 Å². The molecule has 1 aromatic rings. The highest BCUT2D eigenvalue weighted by Gasteiger charge is 2.14. The van der Waals surface area contributed by atoms with Crippen molar-refractivity contribution in [3.05, 3.63) is 33.7 Å². The number of amides is 1. The minimum Gasteiger partial charge on any atom is -0.349 e. The van der Waals surface area contributed by atoms with Crippen molar-refractivity contribution in [2.24, 2.45) is 0 Å². The zero-order valence-electron chi connectivity index (χ0n) is 9.26. The molecule has 15 heavy (non-hydrogen) atoms. The summed E-state index contributed by atoms with van der Waals surface area (Å²) in [5.41, 5.74) is 0.563. The van der Waals surface area contributed by atoms with E-state index in [1.807, 2.05) is 13.8 Å². The van der Waals surface area contributed by atoms with Gasteiger partial charge in [0, 0.05) is 12.2 Å². The number of aromatic amines is 1. The monoisotopic (exact) mass is 208 g/mol. The van der Waals surface area contributed by atoms with Crippen LogP contribution in [0.15, 0.2) is 17.1 Å². The van der Waals surface area contributed by atoms with Crippen molar-refractivity contribution in [3.8, 4) is 0 Å². The number of carbonyl (C=O) groups excluding carboxylic acids is 1. The Morgan fingerprint density at radius 1 is 1.60 bits per heavy atom. The summed E-state index contributed by atoms with van der Waals surface area (Å²) in [4.78, 5) is 25.7. The second kappa shape index (κ2) is 4.77. The van der Waals surface area contributed by atoms with E-state index in [9.17, 15) is 9.59 Å². The number of hydrogen-bond donors (Lipinski definition) is 2. The SMILES string of the molecule is CCC(C)NC(=O)c1c(C)cc[nH]c1=O. The van der Waals surface area contributed by atoms with Crippen LogP contribution in [0.1, 0.15) is 36.2 Å². The standard InChI is InChI=1S/C11H16N2O2/c1-4-8(3)13-11(15)9-7(2)5-6-12-10(9)14/h5-6,8H,4H2,1-3H3,(H,12,14)(H,13,15). The van der Waals surface area contributed by atoms with Crippen molar-refractivity contribution in [1.82, 2.24) is 10.3 Å². The molecule has 0 saturated heterocycles. The molecule has 0 aliphatic rings. The molecule has 0 radical (unpaired) electrons. The van der Waals surface area contributed by atoms with Gasteiger partial charge in [0.2, 0.25) is 0 Å². The molecule has 1 unspecified atom stereocenters. The molecule has 4 heteroatoms. The molecule has 1 aromatic heterocycles. The Morgan fingerprint density at radius 3 is 2.80 bits per heavy atom. The van der Waals surface area contributed by atoms with Crippen LogP contribution in [0, 0.1) is 6.92 Å². The van der Waals surface area contributed by atoms with Gasteiger partial charge in [0.25, 0.3) is 11.5 Å². The summed E-state index contributed by atoms with van der Waals surface area (Å²) in [5.74, 6) is -0.302. The number of rotatable bonds is 3. The molecule has 1 heterocycles. The van der Waals surface area contributed by atoms with Gasteiger partial charge in [-0.05, 0) is 31.9 Å². The Bertz CT molecular complexity index is 409. The number of aromatic nitrogens is 1. The lowest BCUT2D eigenvalue weighted by Crippen LogP contribution is -2.36. The van der Waals surface area contributed by atoms with Gasteiger partial charge in [0.15, 0.2) is 0 Å². The van der Waals surface area contributed by atoms with E-state index in [4.69, 9.17) is 0 Å². The third-order valence-corrected chi connectivity index (χ3v) is 2.39. The molecular formula is C11H16N2O2. The van der Waals surface area contributed by atoms with Crippen molar-refractivity contribution >= 4 is 5.91 Å². The van der Waals surface area contributed by atoms with Gasteiger partial charge in [-0.25, -0.2) is 0 Å². The first-order chi connectivity index (χ1) is 7.06. The minimum atomic E-state index is -0.337. The van der Waals surface area contributed by atoms with Gasteiger partial charge in [-0.15, -0.1) is 0 Å². The van der Waals surface area contributed by atoms with Crippen molar-refractivity contribution in [2.45, 2.75) is 33.2 Å². The van der Waals surface area contributed by atoms with Crippen LogP contribution in [0.5, 0.6) is 0 Å². The first kappa shape index (κ1) is 11.5. The van der Waals surface area contributed by atoms with E-state index in [1.165, 1.54) is 6.20 Å². The summed E-state index contributed by atoms with van der Waals surface area (Å²) in [7, 11) is 0. The first-order valence-corrected chi connectivity index (χ1v) is 5.05. The van der Waals surface area contributed by atoms with Crippen LogP contribution in [-0.2, 0) is 0 Å². The Hall–Kier alpha value is -1.58. The van der Waals surface area contributed by atoms with Crippen LogP contribution in [0.3, 0.4) is 0 Å². The Labute approximate surface area is 88.7 Å². The van der Waals surface area contributed by atoms with Gasteiger partial charge in [-0.3, -0.25) is 9.59 Å². The molecule has 0 saturated carbocycles. The molecule has 1 amide bonds. The number of aryl methyl sites for hydroxylation is 1. The third kappa shape index (κ3) is 2.68. The van der Waals surface area contributed by atoms with Crippen LogP contribution in [0.25, 0.3) is 0 Å². The minimum absolute atomic E-state index is 0.0801. The molecular weight excluding hydrogens is 192 g/mol. The van der Waals surface area contributed by atoms with Gasteiger partial charge < -0.3 is 10.3 Å². The molecule has 1 atom stereocenters. The lowest BCUT2D eigenvalue weighted by molar-refractivity contribution is 0.0937. The van der Waals surface area contributed by atoms with Crippen molar-refractivity contribution in [2.75, 3.05) is 0 Å². The van der Waals surface area contributed by atoms with E-state index in [-0.39, 0.29) is 23.1 Å². The zero-order chi connectivity index (χ0) is 11.4. The van der Waals surface area contributed by atoms with Crippen molar-refractivity contribution in [1.29, 1.82) is 0 Å². The quantitative estimate of drug-likeness (QED) is 0.784. The molecule has 0 bridgehead atoms. The second-order valence-corrected chi connectivity index (χ2v) is 3.65.